The topological polar surface area (TPSA) is 58.4 Å². The van der Waals surface area contributed by atoms with Gasteiger partial charge in [0.1, 0.15) is 0 Å². The van der Waals surface area contributed by atoms with E-state index in [1.54, 1.807) is 0 Å². The maximum absolute atomic E-state index is 12.3. The number of alkyl halides is 3. The first-order valence-corrected chi connectivity index (χ1v) is 7.58. The molecule has 0 spiro atoms. The number of hydrogen-bond donors (Lipinski definition) is 2. The fraction of sp³-hybridized carbons (Fsp3) is 0.929. The van der Waals surface area contributed by atoms with E-state index in [1.165, 1.54) is 4.90 Å². The van der Waals surface area contributed by atoms with Gasteiger partial charge in [-0.15, -0.1) is 0 Å². The lowest BCUT2D eigenvalue weighted by Crippen LogP contribution is -2.43. The first kappa shape index (κ1) is 16.5. The van der Waals surface area contributed by atoms with Crippen LogP contribution in [0, 0.1) is 11.3 Å². The number of carbonyl (C=O) groups excluding carboxylic acids is 1. The summed E-state index contributed by atoms with van der Waals surface area (Å²) < 4.78 is 36.9. The highest BCUT2D eigenvalue weighted by Gasteiger charge is 2.38. The van der Waals surface area contributed by atoms with Crippen molar-refractivity contribution < 1.29 is 18.0 Å². The number of halogens is 3. The Balaban J connectivity index is 1.66. The van der Waals surface area contributed by atoms with Crippen molar-refractivity contribution in [2.75, 3.05) is 32.7 Å². The van der Waals surface area contributed by atoms with E-state index in [2.05, 4.69) is 5.32 Å². The fourth-order valence-corrected chi connectivity index (χ4v) is 3.27. The Labute approximate surface area is 123 Å². The summed E-state index contributed by atoms with van der Waals surface area (Å²) in [6.45, 7) is 0.999. The van der Waals surface area contributed by atoms with E-state index in [4.69, 9.17) is 5.73 Å². The van der Waals surface area contributed by atoms with E-state index in [0.29, 0.717) is 39.0 Å². The maximum Gasteiger partial charge on any atom is 0.401 e. The Hall–Kier alpha value is -0.820. The summed E-state index contributed by atoms with van der Waals surface area (Å²) in [4.78, 5) is 13.3. The van der Waals surface area contributed by atoms with Crippen LogP contribution in [0.5, 0.6) is 0 Å². The number of amides is 1. The lowest BCUT2D eigenvalue weighted by atomic mass is 9.66. The van der Waals surface area contributed by atoms with E-state index >= 15 is 0 Å². The molecule has 122 valence electrons. The van der Waals surface area contributed by atoms with Gasteiger partial charge in [-0.3, -0.25) is 9.69 Å². The number of nitrogens with one attached hydrogen (secondary N) is 1. The molecule has 0 aromatic carbocycles. The van der Waals surface area contributed by atoms with E-state index in [0.717, 1.165) is 19.3 Å². The molecule has 2 fully saturated rings. The monoisotopic (exact) mass is 307 g/mol. The van der Waals surface area contributed by atoms with Crippen LogP contribution in [0.25, 0.3) is 0 Å². The Morgan fingerprint density at radius 1 is 1.38 bits per heavy atom. The van der Waals surface area contributed by atoms with Crippen molar-refractivity contribution >= 4 is 5.91 Å². The van der Waals surface area contributed by atoms with Gasteiger partial charge in [-0.25, -0.2) is 0 Å². The Kier molecular flexibility index (Phi) is 5.14. The SMILES string of the molecule is NCC1(CC(=O)NCC2CCN(CC(F)(F)F)C2)CCC1. The van der Waals surface area contributed by atoms with Crippen LogP contribution >= 0.6 is 0 Å². The van der Waals surface area contributed by atoms with Crippen molar-refractivity contribution in [3.63, 3.8) is 0 Å². The molecule has 4 nitrogen and oxygen atoms in total. The lowest BCUT2D eigenvalue weighted by Gasteiger charge is -2.40. The van der Waals surface area contributed by atoms with Crippen LogP contribution in [-0.2, 0) is 4.79 Å². The second-order valence-electron chi connectivity index (χ2n) is 6.54. The number of hydrogen-bond acceptors (Lipinski definition) is 3. The smallest absolute Gasteiger partial charge is 0.356 e. The molecule has 1 heterocycles. The summed E-state index contributed by atoms with van der Waals surface area (Å²) in [6.07, 6.45) is 0.135. The zero-order chi connectivity index (χ0) is 15.5. The van der Waals surface area contributed by atoms with Crippen molar-refractivity contribution in [1.29, 1.82) is 0 Å². The number of carbonyl (C=O) groups is 1. The van der Waals surface area contributed by atoms with Gasteiger partial charge in [-0.05, 0) is 43.7 Å². The van der Waals surface area contributed by atoms with E-state index in [-0.39, 0.29) is 17.2 Å². The minimum absolute atomic E-state index is 0.0191. The third kappa shape index (κ3) is 4.85. The van der Waals surface area contributed by atoms with Gasteiger partial charge in [0.15, 0.2) is 0 Å². The zero-order valence-corrected chi connectivity index (χ0v) is 12.2. The summed E-state index contributed by atoms with van der Waals surface area (Å²) in [5, 5.41) is 2.86. The van der Waals surface area contributed by atoms with Crippen LogP contribution in [0.4, 0.5) is 13.2 Å². The van der Waals surface area contributed by atoms with Gasteiger partial charge in [0.25, 0.3) is 0 Å². The highest BCUT2D eigenvalue weighted by molar-refractivity contribution is 5.76. The third-order valence-electron chi connectivity index (χ3n) is 4.74. The molecule has 1 saturated carbocycles. The highest BCUT2D eigenvalue weighted by atomic mass is 19.4. The number of nitrogens with two attached hydrogens (primary N) is 1. The normalized spacial score (nSPS) is 25.6. The molecular weight excluding hydrogens is 283 g/mol. The first-order chi connectivity index (χ1) is 9.82. The largest absolute Gasteiger partial charge is 0.401 e. The van der Waals surface area contributed by atoms with Crippen molar-refractivity contribution in [3.8, 4) is 0 Å². The zero-order valence-electron chi connectivity index (χ0n) is 12.2. The van der Waals surface area contributed by atoms with Crippen molar-refractivity contribution in [2.24, 2.45) is 17.1 Å². The third-order valence-corrected chi connectivity index (χ3v) is 4.74. The molecule has 0 aromatic heterocycles. The molecule has 1 unspecified atom stereocenters. The van der Waals surface area contributed by atoms with Crippen LogP contribution in [0.2, 0.25) is 0 Å². The first-order valence-electron chi connectivity index (χ1n) is 7.58. The summed E-state index contributed by atoms with van der Waals surface area (Å²) in [6, 6.07) is 0. The second kappa shape index (κ2) is 6.52. The summed E-state index contributed by atoms with van der Waals surface area (Å²) in [5.41, 5.74) is 5.69. The fourth-order valence-electron chi connectivity index (χ4n) is 3.27. The van der Waals surface area contributed by atoms with Crippen molar-refractivity contribution in [3.05, 3.63) is 0 Å². The van der Waals surface area contributed by atoms with Crippen LogP contribution < -0.4 is 11.1 Å². The van der Waals surface area contributed by atoms with E-state index < -0.39 is 12.7 Å². The molecule has 1 aliphatic carbocycles. The predicted molar refractivity (Wildman–Crippen MR) is 73.6 cm³/mol. The van der Waals surface area contributed by atoms with Crippen LogP contribution in [-0.4, -0.2) is 49.7 Å². The molecule has 1 amide bonds. The molecule has 2 aliphatic rings. The highest BCUT2D eigenvalue weighted by Crippen LogP contribution is 2.42. The molecule has 2 rings (SSSR count). The molecule has 0 aromatic rings. The predicted octanol–water partition coefficient (Wildman–Crippen LogP) is 1.51. The van der Waals surface area contributed by atoms with Crippen LogP contribution in [0.1, 0.15) is 32.1 Å². The molecule has 1 aliphatic heterocycles. The van der Waals surface area contributed by atoms with Gasteiger partial charge in [0.05, 0.1) is 6.54 Å². The van der Waals surface area contributed by atoms with Gasteiger partial charge in [0.2, 0.25) is 5.91 Å². The molecule has 1 atom stereocenters. The molecule has 3 N–H and O–H groups in total. The lowest BCUT2D eigenvalue weighted by molar-refractivity contribution is -0.143. The van der Waals surface area contributed by atoms with Gasteiger partial charge in [-0.1, -0.05) is 6.42 Å². The molecular formula is C14H24F3N3O. The van der Waals surface area contributed by atoms with Gasteiger partial charge < -0.3 is 11.1 Å². The standard InChI is InChI=1S/C14H24F3N3O/c15-14(16,17)10-20-5-2-11(8-20)7-19-12(21)6-13(9-18)3-1-4-13/h11H,1-10,18H2,(H,19,21). The van der Waals surface area contributed by atoms with Crippen LogP contribution in [0.3, 0.4) is 0 Å². The molecule has 0 radical (unpaired) electrons. The average molecular weight is 307 g/mol. The summed E-state index contributed by atoms with van der Waals surface area (Å²) in [7, 11) is 0. The second-order valence-corrected chi connectivity index (χ2v) is 6.54. The Morgan fingerprint density at radius 2 is 2.10 bits per heavy atom. The maximum atomic E-state index is 12.3. The Morgan fingerprint density at radius 3 is 2.62 bits per heavy atom. The summed E-state index contributed by atoms with van der Waals surface area (Å²) >= 11 is 0. The molecule has 21 heavy (non-hydrogen) atoms. The molecule has 7 heteroatoms. The average Bonchev–Trinajstić information content (AvgIpc) is 2.76. The van der Waals surface area contributed by atoms with Crippen LogP contribution in [0.15, 0.2) is 0 Å². The van der Waals surface area contributed by atoms with Crippen molar-refractivity contribution in [2.45, 2.75) is 38.3 Å². The number of likely N-dealkylation sites (tertiary alicyclic amines) is 1. The van der Waals surface area contributed by atoms with Gasteiger partial charge in [-0.2, -0.15) is 13.2 Å². The van der Waals surface area contributed by atoms with E-state index in [1.807, 2.05) is 0 Å². The van der Waals surface area contributed by atoms with Crippen molar-refractivity contribution in [1.82, 2.24) is 10.2 Å². The van der Waals surface area contributed by atoms with E-state index in [9.17, 15) is 18.0 Å². The van der Waals surface area contributed by atoms with Gasteiger partial charge in [0, 0.05) is 19.5 Å². The number of nitrogens with zero attached hydrogens (tertiary/aromatic N) is 1. The quantitative estimate of drug-likeness (QED) is 0.782. The number of rotatable bonds is 6. The Bertz CT molecular complexity index is 363. The van der Waals surface area contributed by atoms with Gasteiger partial charge >= 0.3 is 6.18 Å². The minimum atomic E-state index is -4.14. The minimum Gasteiger partial charge on any atom is -0.356 e. The molecule has 0 bridgehead atoms. The summed E-state index contributed by atoms with van der Waals surface area (Å²) in [5.74, 6) is 0.0981. The molecule has 1 saturated heterocycles.